The number of aliphatic hydroxyl groups excluding tert-OH is 1. The van der Waals surface area contributed by atoms with Crippen LogP contribution < -0.4 is 5.32 Å². The molecule has 0 spiro atoms. The van der Waals surface area contributed by atoms with Crippen LogP contribution in [0.5, 0.6) is 0 Å². The molecule has 1 amide bonds. The standard InChI is InChI=1S/C37H73N2O6P/c1-6-8-10-12-14-16-17-18-19-20-21-23-25-27-29-31-37(41)38-35(34-45-46(42,43)44-33-32-39(3,4)5)36(40)30-28-26-24-22-15-13-11-9-7-2/h15,22,28,30,35-36,40H,6-14,16-21,23-27,29,31-34H2,1-5H3,(H-,38,41,42,43)/p+1/b22-15+,30-28+/t35-,36+/m0/s1. The number of carbonyl (C=O) groups is 1. The van der Waals surface area contributed by atoms with Crippen molar-refractivity contribution in [2.24, 2.45) is 0 Å². The molecule has 0 aliphatic heterocycles. The molecule has 0 heterocycles. The summed E-state index contributed by atoms with van der Waals surface area (Å²) in [5, 5.41) is 13.7. The van der Waals surface area contributed by atoms with Gasteiger partial charge in [-0.1, -0.05) is 141 Å². The lowest BCUT2D eigenvalue weighted by atomic mass is 10.0. The second kappa shape index (κ2) is 30.1. The van der Waals surface area contributed by atoms with E-state index in [1.54, 1.807) is 6.08 Å². The maximum absolute atomic E-state index is 12.7. The zero-order valence-electron chi connectivity index (χ0n) is 30.6. The molecule has 46 heavy (non-hydrogen) atoms. The first-order valence-corrected chi connectivity index (χ1v) is 20.2. The quantitative estimate of drug-likeness (QED) is 0.0278. The molecule has 0 aliphatic carbocycles. The number of likely N-dealkylation sites (N-methyl/N-ethyl adjacent to an activating group) is 1. The fourth-order valence-electron chi connectivity index (χ4n) is 5.11. The first-order chi connectivity index (χ1) is 22.0. The average molecular weight is 674 g/mol. The minimum absolute atomic E-state index is 0.0575. The van der Waals surface area contributed by atoms with Crippen molar-refractivity contribution in [1.82, 2.24) is 5.32 Å². The van der Waals surface area contributed by atoms with E-state index in [-0.39, 0.29) is 19.1 Å². The van der Waals surface area contributed by atoms with Crippen molar-refractivity contribution in [2.75, 3.05) is 40.9 Å². The molecule has 8 nitrogen and oxygen atoms in total. The number of hydrogen-bond donors (Lipinski definition) is 3. The van der Waals surface area contributed by atoms with Crippen LogP contribution in [0.3, 0.4) is 0 Å². The van der Waals surface area contributed by atoms with Crippen LogP contribution in [0.1, 0.15) is 155 Å². The molecule has 0 aromatic carbocycles. The van der Waals surface area contributed by atoms with Crippen LogP contribution in [0.2, 0.25) is 0 Å². The summed E-state index contributed by atoms with van der Waals surface area (Å²) in [5.41, 5.74) is 0. The first-order valence-electron chi connectivity index (χ1n) is 18.7. The van der Waals surface area contributed by atoms with E-state index in [1.807, 2.05) is 27.2 Å². The highest BCUT2D eigenvalue weighted by atomic mass is 31.2. The van der Waals surface area contributed by atoms with Gasteiger partial charge in [-0.25, -0.2) is 4.57 Å². The Kier molecular flexibility index (Phi) is 29.4. The molecular formula is C37H74N2O6P+. The lowest BCUT2D eigenvalue weighted by molar-refractivity contribution is -0.870. The number of phosphoric acid groups is 1. The molecule has 9 heteroatoms. The van der Waals surface area contributed by atoms with E-state index >= 15 is 0 Å². The van der Waals surface area contributed by atoms with Gasteiger partial charge in [0.1, 0.15) is 13.2 Å². The minimum Gasteiger partial charge on any atom is -0.387 e. The summed E-state index contributed by atoms with van der Waals surface area (Å²) < 4.78 is 23.4. The van der Waals surface area contributed by atoms with Crippen molar-refractivity contribution in [3.05, 3.63) is 24.3 Å². The number of quaternary nitrogens is 1. The second-order valence-electron chi connectivity index (χ2n) is 13.9. The van der Waals surface area contributed by atoms with Crippen LogP contribution in [0.25, 0.3) is 0 Å². The summed E-state index contributed by atoms with van der Waals surface area (Å²) in [6, 6.07) is -0.854. The smallest absolute Gasteiger partial charge is 0.387 e. The van der Waals surface area contributed by atoms with Gasteiger partial charge >= 0.3 is 7.82 Å². The first kappa shape index (κ1) is 45.0. The van der Waals surface area contributed by atoms with Crippen LogP contribution in [0.15, 0.2) is 24.3 Å². The monoisotopic (exact) mass is 674 g/mol. The predicted octanol–water partition coefficient (Wildman–Crippen LogP) is 9.41. The van der Waals surface area contributed by atoms with Gasteiger partial charge in [-0.15, -0.1) is 0 Å². The summed E-state index contributed by atoms with van der Waals surface area (Å²) in [7, 11) is 1.55. The van der Waals surface area contributed by atoms with E-state index < -0.39 is 20.0 Å². The third kappa shape index (κ3) is 31.6. The molecule has 0 aromatic rings. The predicted molar refractivity (Wildman–Crippen MR) is 194 cm³/mol. The number of phosphoric ester groups is 1. The average Bonchev–Trinajstić information content (AvgIpc) is 2.99. The van der Waals surface area contributed by atoms with Crippen LogP contribution in [-0.2, 0) is 18.4 Å². The SMILES string of the molecule is CCCCC/C=C/CC/C=C/[C@@H](O)[C@H](COP(=O)(O)OCC[N+](C)(C)C)NC(=O)CCCCCCCCCCCCCCCCC. The van der Waals surface area contributed by atoms with E-state index in [2.05, 4.69) is 31.3 Å². The number of hydrogen-bond acceptors (Lipinski definition) is 5. The Morgan fingerprint density at radius 3 is 1.74 bits per heavy atom. The second-order valence-corrected chi connectivity index (χ2v) is 15.4. The van der Waals surface area contributed by atoms with Gasteiger partial charge in [-0.2, -0.15) is 0 Å². The van der Waals surface area contributed by atoms with Gasteiger partial charge in [-0.05, 0) is 32.1 Å². The molecule has 3 N–H and O–H groups in total. The lowest BCUT2D eigenvalue weighted by Crippen LogP contribution is -2.45. The molecule has 0 bridgehead atoms. The molecule has 3 atom stereocenters. The molecule has 272 valence electrons. The molecule has 0 aromatic heterocycles. The summed E-state index contributed by atoms with van der Waals surface area (Å²) >= 11 is 0. The summed E-state index contributed by atoms with van der Waals surface area (Å²) in [6.07, 6.45) is 32.5. The van der Waals surface area contributed by atoms with Gasteiger partial charge < -0.3 is 19.8 Å². The maximum Gasteiger partial charge on any atom is 0.472 e. The summed E-state index contributed by atoms with van der Waals surface area (Å²) in [4.78, 5) is 22.9. The van der Waals surface area contributed by atoms with Crippen LogP contribution in [0, 0.1) is 0 Å². The van der Waals surface area contributed by atoms with Crippen molar-refractivity contribution >= 4 is 13.7 Å². The Hall–Kier alpha value is -1.02. The normalized spacial score (nSPS) is 15.0. The Morgan fingerprint density at radius 1 is 0.717 bits per heavy atom. The van der Waals surface area contributed by atoms with E-state index in [1.165, 1.54) is 96.3 Å². The molecule has 0 rings (SSSR count). The highest BCUT2D eigenvalue weighted by molar-refractivity contribution is 7.47. The number of allylic oxidation sites excluding steroid dienone is 3. The Labute approximate surface area is 284 Å². The van der Waals surface area contributed by atoms with E-state index in [0.29, 0.717) is 17.4 Å². The van der Waals surface area contributed by atoms with E-state index in [0.717, 1.165) is 38.5 Å². The molecule has 0 saturated heterocycles. The largest absolute Gasteiger partial charge is 0.472 e. The van der Waals surface area contributed by atoms with Crippen LogP contribution in [-0.4, -0.2) is 73.4 Å². The fourth-order valence-corrected chi connectivity index (χ4v) is 5.85. The zero-order valence-corrected chi connectivity index (χ0v) is 31.5. The molecule has 0 aliphatic rings. The van der Waals surface area contributed by atoms with Gasteiger partial charge in [0.25, 0.3) is 0 Å². The topological polar surface area (TPSA) is 105 Å². The summed E-state index contributed by atoms with van der Waals surface area (Å²) in [5.74, 6) is -0.190. The number of unbranched alkanes of at least 4 members (excludes halogenated alkanes) is 18. The Morgan fingerprint density at radius 2 is 1.20 bits per heavy atom. The van der Waals surface area contributed by atoms with Crippen molar-refractivity contribution in [2.45, 2.75) is 167 Å². The third-order valence-electron chi connectivity index (χ3n) is 8.17. The van der Waals surface area contributed by atoms with Gasteiger partial charge in [0.05, 0.1) is 39.9 Å². The third-order valence-corrected chi connectivity index (χ3v) is 9.16. The lowest BCUT2D eigenvalue weighted by Gasteiger charge is -2.25. The Bertz CT molecular complexity index is 814. The number of amides is 1. The zero-order chi connectivity index (χ0) is 34.4. The maximum atomic E-state index is 12.7. The Balaban J connectivity index is 4.49. The number of nitrogens with one attached hydrogen (secondary N) is 1. The summed E-state index contributed by atoms with van der Waals surface area (Å²) in [6.45, 7) is 4.72. The number of aliphatic hydroxyl groups is 1. The highest BCUT2D eigenvalue weighted by Gasteiger charge is 2.27. The van der Waals surface area contributed by atoms with Gasteiger partial charge in [0.2, 0.25) is 5.91 Å². The number of carbonyl (C=O) groups excluding carboxylic acids is 1. The molecule has 0 radical (unpaired) electrons. The van der Waals surface area contributed by atoms with Crippen LogP contribution in [0.4, 0.5) is 0 Å². The van der Waals surface area contributed by atoms with Crippen LogP contribution >= 0.6 is 7.82 Å². The van der Waals surface area contributed by atoms with E-state index in [9.17, 15) is 19.4 Å². The van der Waals surface area contributed by atoms with Crippen molar-refractivity contribution in [3.63, 3.8) is 0 Å². The number of rotatable bonds is 33. The van der Waals surface area contributed by atoms with Gasteiger partial charge in [0, 0.05) is 6.42 Å². The molecule has 0 fully saturated rings. The van der Waals surface area contributed by atoms with Crippen molar-refractivity contribution in [1.29, 1.82) is 0 Å². The number of nitrogens with zero attached hydrogens (tertiary/aromatic N) is 1. The van der Waals surface area contributed by atoms with Gasteiger partial charge in [0.15, 0.2) is 0 Å². The molecule has 0 saturated carbocycles. The van der Waals surface area contributed by atoms with Crippen molar-refractivity contribution < 1.29 is 32.9 Å². The molecular weight excluding hydrogens is 599 g/mol. The highest BCUT2D eigenvalue weighted by Crippen LogP contribution is 2.43. The minimum atomic E-state index is -4.33. The molecule has 1 unspecified atom stereocenters. The van der Waals surface area contributed by atoms with Gasteiger partial charge in [-0.3, -0.25) is 13.8 Å². The van der Waals surface area contributed by atoms with Crippen molar-refractivity contribution in [3.8, 4) is 0 Å². The van der Waals surface area contributed by atoms with E-state index in [4.69, 9.17) is 9.05 Å². The fraction of sp³-hybridized carbons (Fsp3) is 0.865.